The lowest BCUT2D eigenvalue weighted by atomic mass is 9.81. The van der Waals surface area contributed by atoms with Gasteiger partial charge in [-0.1, -0.05) is 6.08 Å². The molecule has 1 aliphatic rings. The summed E-state index contributed by atoms with van der Waals surface area (Å²) in [4.78, 5) is 26.8. The van der Waals surface area contributed by atoms with Crippen LogP contribution in [-0.2, 0) is 9.59 Å². The van der Waals surface area contributed by atoms with E-state index in [0.717, 1.165) is 44.5 Å². The molecule has 0 saturated heterocycles. The van der Waals surface area contributed by atoms with Gasteiger partial charge < -0.3 is 15.5 Å². The van der Waals surface area contributed by atoms with E-state index < -0.39 is 0 Å². The molecule has 142 valence electrons. The number of benzene rings is 1. The van der Waals surface area contributed by atoms with Gasteiger partial charge in [-0.3, -0.25) is 9.59 Å². The van der Waals surface area contributed by atoms with Crippen molar-refractivity contribution in [2.45, 2.75) is 39.5 Å². The molecule has 0 aliphatic heterocycles. The van der Waals surface area contributed by atoms with Crippen LogP contribution in [0.15, 0.2) is 36.9 Å². The molecule has 2 N–H and O–H groups in total. The third kappa shape index (κ3) is 5.35. The van der Waals surface area contributed by atoms with Gasteiger partial charge in [-0.05, 0) is 63.8 Å². The summed E-state index contributed by atoms with van der Waals surface area (Å²) in [7, 11) is 0. The van der Waals surface area contributed by atoms with Crippen LogP contribution in [-0.4, -0.2) is 31.4 Å². The first-order valence-electron chi connectivity index (χ1n) is 9.63. The largest absolute Gasteiger partial charge is 0.372 e. The fraction of sp³-hybridized carbons (Fsp3) is 0.524. The van der Waals surface area contributed by atoms with Crippen LogP contribution >= 0.6 is 0 Å². The second kappa shape index (κ2) is 10.00. The van der Waals surface area contributed by atoms with E-state index in [9.17, 15) is 9.59 Å². The fourth-order valence-corrected chi connectivity index (χ4v) is 3.52. The standard InChI is InChI=1S/C21H31N3O2/c1-4-15-22-20(25)16-7-9-17(10-8-16)21(26)23-18-11-13-19(14-12-18)24(5-2)6-3/h4,11-14,16-17H,1,5-10,15H2,2-3H3,(H,22,25)(H,23,26). The third-order valence-electron chi connectivity index (χ3n) is 5.15. The Morgan fingerprint density at radius 3 is 2.08 bits per heavy atom. The van der Waals surface area contributed by atoms with Crippen LogP contribution in [0.5, 0.6) is 0 Å². The highest BCUT2D eigenvalue weighted by atomic mass is 16.2. The van der Waals surface area contributed by atoms with Crippen molar-refractivity contribution >= 4 is 23.2 Å². The summed E-state index contributed by atoms with van der Waals surface area (Å²) in [5.74, 6) is 0.148. The van der Waals surface area contributed by atoms with Crippen LogP contribution in [0.4, 0.5) is 11.4 Å². The van der Waals surface area contributed by atoms with Crippen molar-refractivity contribution in [3.63, 3.8) is 0 Å². The van der Waals surface area contributed by atoms with Crippen molar-refractivity contribution in [2.24, 2.45) is 11.8 Å². The Morgan fingerprint density at radius 1 is 1.04 bits per heavy atom. The zero-order valence-electron chi connectivity index (χ0n) is 16.0. The summed E-state index contributed by atoms with van der Waals surface area (Å²) in [5, 5.41) is 5.87. The van der Waals surface area contributed by atoms with Gasteiger partial charge in [0.25, 0.3) is 0 Å². The van der Waals surface area contributed by atoms with Gasteiger partial charge in [0.2, 0.25) is 11.8 Å². The first-order valence-corrected chi connectivity index (χ1v) is 9.63. The van der Waals surface area contributed by atoms with Crippen LogP contribution in [0.25, 0.3) is 0 Å². The van der Waals surface area contributed by atoms with Crippen molar-refractivity contribution in [1.29, 1.82) is 0 Å². The van der Waals surface area contributed by atoms with Crippen LogP contribution in [0.2, 0.25) is 0 Å². The molecule has 1 saturated carbocycles. The van der Waals surface area contributed by atoms with Crippen molar-refractivity contribution in [1.82, 2.24) is 5.32 Å². The van der Waals surface area contributed by atoms with Gasteiger partial charge in [-0.15, -0.1) is 6.58 Å². The zero-order chi connectivity index (χ0) is 18.9. The predicted octanol–water partition coefficient (Wildman–Crippen LogP) is 3.58. The molecule has 0 heterocycles. The molecule has 1 fully saturated rings. The minimum absolute atomic E-state index is 0.0130. The topological polar surface area (TPSA) is 61.4 Å². The Labute approximate surface area is 156 Å². The van der Waals surface area contributed by atoms with E-state index in [1.807, 2.05) is 24.3 Å². The van der Waals surface area contributed by atoms with Crippen molar-refractivity contribution in [3.8, 4) is 0 Å². The Bertz CT molecular complexity index is 600. The lowest BCUT2D eigenvalue weighted by Gasteiger charge is -2.27. The summed E-state index contributed by atoms with van der Waals surface area (Å²) in [6.45, 7) is 10.3. The van der Waals surface area contributed by atoms with Gasteiger partial charge in [0.05, 0.1) is 0 Å². The van der Waals surface area contributed by atoms with Crippen LogP contribution in [0.3, 0.4) is 0 Å². The van der Waals surface area contributed by atoms with Gasteiger partial charge in [-0.25, -0.2) is 0 Å². The predicted molar refractivity (Wildman–Crippen MR) is 107 cm³/mol. The second-order valence-electron chi connectivity index (χ2n) is 6.79. The summed E-state index contributed by atoms with van der Waals surface area (Å²) in [5.41, 5.74) is 2.00. The van der Waals surface area contributed by atoms with Crippen molar-refractivity contribution in [3.05, 3.63) is 36.9 Å². The molecule has 0 aromatic heterocycles. The average molecular weight is 357 g/mol. The lowest BCUT2D eigenvalue weighted by molar-refractivity contribution is -0.128. The monoisotopic (exact) mass is 357 g/mol. The number of nitrogens with zero attached hydrogens (tertiary/aromatic N) is 1. The van der Waals surface area contributed by atoms with Gasteiger partial charge >= 0.3 is 0 Å². The Morgan fingerprint density at radius 2 is 1.58 bits per heavy atom. The molecule has 26 heavy (non-hydrogen) atoms. The maximum absolute atomic E-state index is 12.5. The summed E-state index contributed by atoms with van der Waals surface area (Å²) in [6.07, 6.45) is 4.73. The van der Waals surface area contributed by atoms with Gasteiger partial charge in [0, 0.05) is 42.8 Å². The summed E-state index contributed by atoms with van der Waals surface area (Å²) in [6, 6.07) is 8.01. The molecular weight excluding hydrogens is 326 g/mol. The molecule has 2 amide bonds. The molecule has 1 aromatic rings. The Kier molecular flexibility index (Phi) is 7.70. The van der Waals surface area contributed by atoms with Gasteiger partial charge in [-0.2, -0.15) is 0 Å². The van der Waals surface area contributed by atoms with Gasteiger partial charge in [0.15, 0.2) is 0 Å². The maximum Gasteiger partial charge on any atom is 0.227 e. The highest BCUT2D eigenvalue weighted by Crippen LogP contribution is 2.30. The van der Waals surface area contributed by atoms with Crippen molar-refractivity contribution < 1.29 is 9.59 Å². The van der Waals surface area contributed by atoms with Crippen LogP contribution in [0, 0.1) is 11.8 Å². The number of anilines is 2. The molecule has 5 nitrogen and oxygen atoms in total. The number of carbonyl (C=O) groups is 2. The van der Waals surface area contributed by atoms with E-state index >= 15 is 0 Å². The third-order valence-corrected chi connectivity index (χ3v) is 5.15. The van der Waals surface area contributed by atoms with E-state index in [-0.39, 0.29) is 23.7 Å². The van der Waals surface area contributed by atoms with E-state index in [0.29, 0.717) is 6.54 Å². The van der Waals surface area contributed by atoms with E-state index in [4.69, 9.17) is 0 Å². The molecule has 5 heteroatoms. The maximum atomic E-state index is 12.5. The van der Waals surface area contributed by atoms with Gasteiger partial charge in [0.1, 0.15) is 0 Å². The quantitative estimate of drug-likeness (QED) is 0.699. The first kappa shape index (κ1) is 20.0. The Hall–Kier alpha value is -2.30. The molecule has 0 spiro atoms. The van der Waals surface area contributed by atoms with Crippen molar-refractivity contribution in [2.75, 3.05) is 29.9 Å². The molecule has 0 atom stereocenters. The van der Waals surface area contributed by atoms with E-state index in [1.165, 1.54) is 5.69 Å². The Balaban J connectivity index is 1.83. The smallest absolute Gasteiger partial charge is 0.227 e. The minimum atomic E-state index is -0.0130. The second-order valence-corrected chi connectivity index (χ2v) is 6.79. The molecule has 1 aromatic carbocycles. The van der Waals surface area contributed by atoms with E-state index in [2.05, 4.69) is 36.0 Å². The fourth-order valence-electron chi connectivity index (χ4n) is 3.52. The number of nitrogens with one attached hydrogen (secondary N) is 2. The number of rotatable bonds is 8. The summed E-state index contributed by atoms with van der Waals surface area (Å²) >= 11 is 0. The average Bonchev–Trinajstić information content (AvgIpc) is 2.68. The minimum Gasteiger partial charge on any atom is -0.372 e. The molecule has 1 aliphatic carbocycles. The number of carbonyl (C=O) groups excluding carboxylic acids is 2. The molecule has 2 rings (SSSR count). The SMILES string of the molecule is C=CCNC(=O)C1CCC(C(=O)Nc2ccc(N(CC)CC)cc2)CC1. The lowest BCUT2D eigenvalue weighted by Crippen LogP contribution is -2.35. The highest BCUT2D eigenvalue weighted by Gasteiger charge is 2.29. The molecule has 0 bridgehead atoms. The highest BCUT2D eigenvalue weighted by molar-refractivity contribution is 5.93. The van der Waals surface area contributed by atoms with Crippen LogP contribution < -0.4 is 15.5 Å². The normalized spacial score (nSPS) is 19.5. The van der Waals surface area contributed by atoms with E-state index in [1.54, 1.807) is 6.08 Å². The molecular formula is C21H31N3O2. The number of hydrogen-bond donors (Lipinski definition) is 2. The zero-order valence-corrected chi connectivity index (χ0v) is 16.0. The summed E-state index contributed by atoms with van der Waals surface area (Å²) < 4.78 is 0. The number of hydrogen-bond acceptors (Lipinski definition) is 3. The molecule has 0 unspecified atom stereocenters. The number of amides is 2. The van der Waals surface area contributed by atoms with Crippen LogP contribution in [0.1, 0.15) is 39.5 Å². The molecule has 0 radical (unpaired) electrons. The first-order chi connectivity index (χ1) is 12.6.